The maximum Gasteiger partial charge on any atom is 0.261 e. The SMILES string of the molecule is CCCCCN(C(=O)CCc1ccccc1)C(C)c1nc2ccccc2c(=O)n1CC. The molecule has 0 aliphatic rings. The fraction of sp³-hybridized carbons (Fsp3) is 0.423. The van der Waals surface area contributed by atoms with Gasteiger partial charge in [-0.25, -0.2) is 4.98 Å². The summed E-state index contributed by atoms with van der Waals surface area (Å²) in [7, 11) is 0. The van der Waals surface area contributed by atoms with E-state index in [0.717, 1.165) is 24.8 Å². The lowest BCUT2D eigenvalue weighted by Gasteiger charge is -2.30. The Morgan fingerprint density at radius 1 is 1.03 bits per heavy atom. The molecule has 0 fully saturated rings. The Bertz CT molecular complexity index is 1060. The first kappa shape index (κ1) is 22.7. The number of benzene rings is 2. The van der Waals surface area contributed by atoms with Gasteiger partial charge in [0, 0.05) is 19.5 Å². The van der Waals surface area contributed by atoms with E-state index in [1.807, 2.05) is 61.2 Å². The summed E-state index contributed by atoms with van der Waals surface area (Å²) >= 11 is 0. The van der Waals surface area contributed by atoms with E-state index in [4.69, 9.17) is 4.98 Å². The van der Waals surface area contributed by atoms with Crippen molar-refractivity contribution in [3.63, 3.8) is 0 Å². The van der Waals surface area contributed by atoms with Gasteiger partial charge in [0.1, 0.15) is 5.82 Å². The van der Waals surface area contributed by atoms with Crippen molar-refractivity contribution < 1.29 is 4.79 Å². The van der Waals surface area contributed by atoms with E-state index < -0.39 is 0 Å². The molecule has 2 aromatic carbocycles. The molecule has 0 saturated carbocycles. The van der Waals surface area contributed by atoms with Gasteiger partial charge in [0.15, 0.2) is 0 Å². The van der Waals surface area contributed by atoms with Gasteiger partial charge in [0.25, 0.3) is 5.56 Å². The number of fused-ring (bicyclic) bond motifs is 1. The van der Waals surface area contributed by atoms with Gasteiger partial charge < -0.3 is 4.90 Å². The highest BCUT2D eigenvalue weighted by molar-refractivity contribution is 5.78. The number of nitrogens with zero attached hydrogens (tertiary/aromatic N) is 3. The molecule has 3 rings (SSSR count). The van der Waals surface area contributed by atoms with Crippen LogP contribution in [-0.2, 0) is 17.8 Å². The Morgan fingerprint density at radius 3 is 2.45 bits per heavy atom. The van der Waals surface area contributed by atoms with Crippen molar-refractivity contribution in [2.24, 2.45) is 0 Å². The lowest BCUT2D eigenvalue weighted by atomic mass is 10.1. The fourth-order valence-corrected chi connectivity index (χ4v) is 4.06. The Hall–Kier alpha value is -2.95. The number of hydrogen-bond donors (Lipinski definition) is 0. The molecular weight excluding hydrogens is 386 g/mol. The molecule has 31 heavy (non-hydrogen) atoms. The minimum atomic E-state index is -0.266. The molecule has 0 aliphatic carbocycles. The maximum absolute atomic E-state index is 13.3. The van der Waals surface area contributed by atoms with Gasteiger partial charge in [-0.05, 0) is 44.4 Å². The molecule has 0 saturated heterocycles. The Labute approximate surface area is 184 Å². The Balaban J connectivity index is 1.91. The highest BCUT2D eigenvalue weighted by Crippen LogP contribution is 2.22. The molecular formula is C26H33N3O2. The Kier molecular flexibility index (Phi) is 7.99. The molecule has 0 spiro atoms. The number of hydrogen-bond acceptors (Lipinski definition) is 3. The highest BCUT2D eigenvalue weighted by Gasteiger charge is 2.25. The molecule has 5 heteroatoms. The first-order valence-corrected chi connectivity index (χ1v) is 11.4. The molecule has 0 aliphatic heterocycles. The van der Waals surface area contributed by atoms with Crippen LogP contribution in [0, 0.1) is 0 Å². The van der Waals surface area contributed by atoms with Gasteiger partial charge in [-0.2, -0.15) is 0 Å². The number of aryl methyl sites for hydroxylation is 1. The molecule has 1 heterocycles. The quantitative estimate of drug-likeness (QED) is 0.428. The molecule has 1 amide bonds. The van der Waals surface area contributed by atoms with Gasteiger partial charge in [0.2, 0.25) is 5.91 Å². The zero-order valence-corrected chi connectivity index (χ0v) is 18.9. The second-order valence-corrected chi connectivity index (χ2v) is 7.99. The number of unbranched alkanes of at least 4 members (excludes halogenated alkanes) is 2. The van der Waals surface area contributed by atoms with Crippen molar-refractivity contribution in [3.8, 4) is 0 Å². The highest BCUT2D eigenvalue weighted by atomic mass is 16.2. The normalized spacial score (nSPS) is 12.1. The standard InChI is InChI=1S/C26H33N3O2/c1-4-6-12-19-29(24(30)18-17-21-13-8-7-9-14-21)20(3)25-27-23-16-11-10-15-22(23)26(31)28(25)5-2/h7-11,13-16,20H,4-6,12,17-19H2,1-3H3. The first-order valence-electron chi connectivity index (χ1n) is 11.4. The molecule has 164 valence electrons. The molecule has 3 aromatic rings. The number of aromatic nitrogens is 2. The van der Waals surface area contributed by atoms with Crippen LogP contribution in [0.15, 0.2) is 59.4 Å². The first-order chi connectivity index (χ1) is 15.1. The molecule has 0 radical (unpaired) electrons. The number of para-hydroxylation sites is 1. The summed E-state index contributed by atoms with van der Waals surface area (Å²) in [5.74, 6) is 0.772. The molecule has 1 atom stereocenters. The van der Waals surface area contributed by atoms with E-state index in [2.05, 4.69) is 19.1 Å². The third-order valence-electron chi connectivity index (χ3n) is 5.84. The minimum absolute atomic E-state index is 0.0415. The second-order valence-electron chi connectivity index (χ2n) is 7.99. The smallest absolute Gasteiger partial charge is 0.261 e. The molecule has 1 unspecified atom stereocenters. The summed E-state index contributed by atoms with van der Waals surface area (Å²) in [4.78, 5) is 33.1. The summed E-state index contributed by atoms with van der Waals surface area (Å²) in [6.07, 6.45) is 4.27. The zero-order valence-electron chi connectivity index (χ0n) is 18.9. The van der Waals surface area contributed by atoms with Gasteiger partial charge >= 0.3 is 0 Å². The number of carbonyl (C=O) groups is 1. The fourth-order valence-electron chi connectivity index (χ4n) is 4.06. The summed E-state index contributed by atoms with van der Waals surface area (Å²) in [5.41, 5.74) is 1.80. The average molecular weight is 420 g/mol. The van der Waals surface area contributed by atoms with Crippen LogP contribution in [0.25, 0.3) is 10.9 Å². The van der Waals surface area contributed by atoms with Gasteiger partial charge in [-0.15, -0.1) is 0 Å². The second kappa shape index (κ2) is 10.9. The van der Waals surface area contributed by atoms with Crippen LogP contribution in [-0.4, -0.2) is 26.9 Å². The van der Waals surface area contributed by atoms with E-state index in [-0.39, 0.29) is 17.5 Å². The predicted molar refractivity (Wildman–Crippen MR) is 126 cm³/mol. The van der Waals surface area contributed by atoms with Gasteiger partial charge in [-0.3, -0.25) is 14.2 Å². The summed E-state index contributed by atoms with van der Waals surface area (Å²) in [5, 5.41) is 0.619. The van der Waals surface area contributed by atoms with Crippen LogP contribution in [0.3, 0.4) is 0 Å². The summed E-state index contributed by atoms with van der Waals surface area (Å²) < 4.78 is 1.71. The van der Waals surface area contributed by atoms with Crippen LogP contribution in [0.1, 0.15) is 63.9 Å². The van der Waals surface area contributed by atoms with Crippen LogP contribution in [0.2, 0.25) is 0 Å². The van der Waals surface area contributed by atoms with E-state index >= 15 is 0 Å². The maximum atomic E-state index is 13.3. The molecule has 1 aromatic heterocycles. The van der Waals surface area contributed by atoms with Gasteiger partial charge in [-0.1, -0.05) is 62.2 Å². The van der Waals surface area contributed by atoms with E-state index in [9.17, 15) is 9.59 Å². The summed E-state index contributed by atoms with van der Waals surface area (Å²) in [6, 6.07) is 17.3. The van der Waals surface area contributed by atoms with Crippen LogP contribution >= 0.6 is 0 Å². The number of rotatable bonds is 10. The summed E-state index contributed by atoms with van der Waals surface area (Å²) in [6.45, 7) is 7.30. The van der Waals surface area contributed by atoms with Crippen molar-refractivity contribution in [2.45, 2.75) is 65.5 Å². The topological polar surface area (TPSA) is 55.2 Å². The molecule has 0 bridgehead atoms. The zero-order chi connectivity index (χ0) is 22.2. The van der Waals surface area contributed by atoms with E-state index in [1.165, 1.54) is 0 Å². The minimum Gasteiger partial charge on any atom is -0.333 e. The number of carbonyl (C=O) groups excluding carboxylic acids is 1. The Morgan fingerprint density at radius 2 is 1.74 bits per heavy atom. The van der Waals surface area contributed by atoms with Crippen molar-refractivity contribution in [3.05, 3.63) is 76.3 Å². The monoisotopic (exact) mass is 419 g/mol. The van der Waals surface area contributed by atoms with Crippen LogP contribution in [0.4, 0.5) is 0 Å². The molecule has 5 nitrogen and oxygen atoms in total. The van der Waals surface area contributed by atoms with Crippen LogP contribution in [0.5, 0.6) is 0 Å². The van der Waals surface area contributed by atoms with Crippen molar-refractivity contribution in [1.82, 2.24) is 14.5 Å². The third-order valence-corrected chi connectivity index (χ3v) is 5.84. The lowest BCUT2D eigenvalue weighted by Crippen LogP contribution is -2.38. The van der Waals surface area contributed by atoms with Gasteiger partial charge in [0.05, 0.1) is 16.9 Å². The largest absolute Gasteiger partial charge is 0.333 e. The molecule has 0 N–H and O–H groups in total. The van der Waals surface area contributed by atoms with Crippen molar-refractivity contribution >= 4 is 16.8 Å². The van der Waals surface area contributed by atoms with Crippen molar-refractivity contribution in [1.29, 1.82) is 0 Å². The van der Waals surface area contributed by atoms with E-state index in [0.29, 0.717) is 42.7 Å². The van der Waals surface area contributed by atoms with E-state index in [1.54, 1.807) is 4.57 Å². The number of amides is 1. The predicted octanol–water partition coefficient (Wildman–Crippen LogP) is 5.13. The van der Waals surface area contributed by atoms with Crippen LogP contribution < -0.4 is 5.56 Å². The lowest BCUT2D eigenvalue weighted by molar-refractivity contribution is -0.133. The third kappa shape index (κ3) is 5.40. The van der Waals surface area contributed by atoms with Crippen molar-refractivity contribution in [2.75, 3.05) is 6.54 Å². The average Bonchev–Trinajstić information content (AvgIpc) is 2.80.